The van der Waals surface area contributed by atoms with Crippen LogP contribution in [0.15, 0.2) is 24.8 Å². The van der Waals surface area contributed by atoms with Crippen molar-refractivity contribution >= 4 is 11.8 Å². The Morgan fingerprint density at radius 3 is 2.12 bits per heavy atom. The highest BCUT2D eigenvalue weighted by atomic mass is 16.1. The number of amides is 2. The van der Waals surface area contributed by atoms with Crippen molar-refractivity contribution in [2.45, 2.75) is 6.92 Å². The molecule has 0 saturated heterocycles. The molecule has 0 aliphatic carbocycles. The van der Waals surface area contributed by atoms with E-state index in [2.05, 4.69) is 18.5 Å². The molecule has 5 heteroatoms. The number of primary amides is 1. The Morgan fingerprint density at radius 1 is 1.44 bits per heavy atom. The highest BCUT2D eigenvalue weighted by molar-refractivity contribution is 5.90. The summed E-state index contributed by atoms with van der Waals surface area (Å²) >= 11 is 0. The maximum absolute atomic E-state index is 10.5. The highest BCUT2D eigenvalue weighted by Crippen LogP contribution is 1.78. The number of hydrogen-bond acceptors (Lipinski definition) is 3. The number of carbonyl (C=O) groups excluding carboxylic acids is 2. The minimum Gasteiger partial charge on any atom is -0.366 e. The fourth-order valence-corrected chi connectivity index (χ4v) is 0.475. The van der Waals surface area contributed by atoms with Gasteiger partial charge in [0, 0.05) is 18.7 Å². The Hall–Kier alpha value is -1.62. The van der Waals surface area contributed by atoms with E-state index in [1.54, 1.807) is 6.92 Å². The van der Waals surface area contributed by atoms with Crippen LogP contribution in [-0.2, 0) is 9.59 Å². The Bertz CT molecular complexity index is 248. The Balaban J connectivity index is 0. The molecule has 2 amide bonds. The van der Waals surface area contributed by atoms with Crippen LogP contribution in [0.1, 0.15) is 6.92 Å². The second kappa shape index (κ2) is 9.92. The first-order valence-corrected chi connectivity index (χ1v) is 4.81. The Labute approximate surface area is 97.0 Å². The minimum absolute atomic E-state index is 0.109. The number of carbonyl (C=O) groups is 2. The molecule has 3 N–H and O–H groups in total. The Morgan fingerprint density at radius 2 is 1.88 bits per heavy atom. The number of hydrogen-bond donors (Lipinski definition) is 2. The molecule has 0 aliphatic rings. The molecule has 92 valence electrons. The summed E-state index contributed by atoms with van der Waals surface area (Å²) in [6, 6.07) is 0. The van der Waals surface area contributed by atoms with Crippen molar-refractivity contribution in [3.8, 4) is 0 Å². The van der Waals surface area contributed by atoms with Crippen LogP contribution in [0.5, 0.6) is 0 Å². The molecule has 16 heavy (non-hydrogen) atoms. The summed E-state index contributed by atoms with van der Waals surface area (Å²) in [5, 5.41) is 2.66. The maximum atomic E-state index is 10.5. The molecule has 0 rings (SSSR count). The summed E-state index contributed by atoms with van der Waals surface area (Å²) in [7, 11) is 3.92. The van der Waals surface area contributed by atoms with E-state index in [-0.39, 0.29) is 5.91 Å². The smallest absolute Gasteiger partial charge is 0.243 e. The zero-order chi connectivity index (χ0) is 13.1. The summed E-state index contributed by atoms with van der Waals surface area (Å²) in [4.78, 5) is 22.4. The van der Waals surface area contributed by atoms with Gasteiger partial charge in [0.15, 0.2) is 0 Å². The molecule has 0 radical (unpaired) electrons. The van der Waals surface area contributed by atoms with Gasteiger partial charge >= 0.3 is 0 Å². The fraction of sp³-hybridized carbons (Fsp3) is 0.455. The molecular formula is C11H21N3O2. The van der Waals surface area contributed by atoms with Gasteiger partial charge in [0.2, 0.25) is 11.8 Å². The lowest BCUT2D eigenvalue weighted by Gasteiger charge is -2.08. The average Bonchev–Trinajstić information content (AvgIpc) is 2.17. The first kappa shape index (κ1) is 16.8. The standard InChI is InChI=1S/C7H14N2O.C4H7NO/c1-4-7(10)8-5-6-9(2)3;1-3(2)4(5)6/h4H,1,5-6H2,2-3H3,(H,8,10);1H2,2H3,(H2,5,6). The molecular weight excluding hydrogens is 206 g/mol. The summed E-state index contributed by atoms with van der Waals surface area (Å²) in [6.45, 7) is 9.72. The summed E-state index contributed by atoms with van der Waals surface area (Å²) < 4.78 is 0. The lowest BCUT2D eigenvalue weighted by Crippen LogP contribution is -2.29. The molecule has 0 heterocycles. The van der Waals surface area contributed by atoms with Gasteiger partial charge in [0.05, 0.1) is 0 Å². The Kier molecular flexibility index (Phi) is 10.4. The van der Waals surface area contributed by atoms with E-state index >= 15 is 0 Å². The van der Waals surface area contributed by atoms with Gasteiger partial charge in [0.1, 0.15) is 0 Å². The molecule has 0 fully saturated rings. The quantitative estimate of drug-likeness (QED) is 0.644. The number of nitrogens with zero attached hydrogens (tertiary/aromatic N) is 1. The fourth-order valence-electron chi connectivity index (χ4n) is 0.475. The molecule has 0 aromatic rings. The van der Waals surface area contributed by atoms with Gasteiger partial charge in [-0.05, 0) is 27.1 Å². The zero-order valence-electron chi connectivity index (χ0n) is 10.2. The van der Waals surface area contributed by atoms with Gasteiger partial charge in [-0.25, -0.2) is 0 Å². The van der Waals surface area contributed by atoms with Crippen LogP contribution in [-0.4, -0.2) is 43.9 Å². The van der Waals surface area contributed by atoms with Crippen molar-refractivity contribution in [2.75, 3.05) is 27.2 Å². The normalized spacial score (nSPS) is 8.75. The van der Waals surface area contributed by atoms with Crippen molar-refractivity contribution in [2.24, 2.45) is 5.73 Å². The molecule has 0 aromatic carbocycles. The number of likely N-dealkylation sites (N-methyl/N-ethyl adjacent to an activating group) is 1. The molecule has 5 nitrogen and oxygen atoms in total. The topological polar surface area (TPSA) is 75.4 Å². The van der Waals surface area contributed by atoms with Gasteiger partial charge in [-0.3, -0.25) is 9.59 Å². The average molecular weight is 227 g/mol. The van der Waals surface area contributed by atoms with Crippen LogP contribution < -0.4 is 11.1 Å². The van der Waals surface area contributed by atoms with Crippen molar-refractivity contribution in [3.63, 3.8) is 0 Å². The molecule has 0 unspecified atom stereocenters. The van der Waals surface area contributed by atoms with Crippen LogP contribution in [0.25, 0.3) is 0 Å². The van der Waals surface area contributed by atoms with E-state index in [1.807, 2.05) is 19.0 Å². The number of nitrogens with one attached hydrogen (secondary N) is 1. The van der Waals surface area contributed by atoms with Crippen LogP contribution in [0.3, 0.4) is 0 Å². The van der Waals surface area contributed by atoms with Crippen molar-refractivity contribution in [1.82, 2.24) is 10.2 Å². The lowest BCUT2D eigenvalue weighted by atomic mass is 10.3. The van der Waals surface area contributed by atoms with Gasteiger partial charge < -0.3 is 16.0 Å². The molecule has 0 saturated carbocycles. The zero-order valence-corrected chi connectivity index (χ0v) is 10.2. The summed E-state index contributed by atoms with van der Waals surface area (Å²) in [5.74, 6) is -0.545. The maximum Gasteiger partial charge on any atom is 0.243 e. The predicted molar refractivity (Wildman–Crippen MR) is 65.8 cm³/mol. The van der Waals surface area contributed by atoms with Crippen LogP contribution in [0.4, 0.5) is 0 Å². The molecule has 0 spiro atoms. The number of nitrogens with two attached hydrogens (primary N) is 1. The van der Waals surface area contributed by atoms with E-state index in [4.69, 9.17) is 5.73 Å². The molecule has 0 aromatic heterocycles. The SMILES string of the molecule is C=C(C)C(N)=O.C=CC(=O)NCCN(C)C. The highest BCUT2D eigenvalue weighted by Gasteiger charge is 1.92. The van der Waals surface area contributed by atoms with E-state index in [9.17, 15) is 9.59 Å². The van der Waals surface area contributed by atoms with Crippen molar-refractivity contribution in [1.29, 1.82) is 0 Å². The lowest BCUT2D eigenvalue weighted by molar-refractivity contribution is -0.116. The van der Waals surface area contributed by atoms with Crippen molar-refractivity contribution < 1.29 is 9.59 Å². The van der Waals surface area contributed by atoms with Crippen LogP contribution in [0, 0.1) is 0 Å². The van der Waals surface area contributed by atoms with Crippen LogP contribution in [0.2, 0.25) is 0 Å². The van der Waals surface area contributed by atoms with Gasteiger partial charge in [0.25, 0.3) is 0 Å². The van der Waals surface area contributed by atoms with Gasteiger partial charge in [-0.15, -0.1) is 0 Å². The second-order valence-electron chi connectivity index (χ2n) is 3.44. The first-order chi connectivity index (χ1) is 7.31. The number of rotatable bonds is 5. The first-order valence-electron chi connectivity index (χ1n) is 4.81. The molecule has 0 aliphatic heterocycles. The van der Waals surface area contributed by atoms with E-state index in [1.165, 1.54) is 6.08 Å². The third-order valence-corrected chi connectivity index (χ3v) is 1.46. The predicted octanol–water partition coefficient (Wildman–Crippen LogP) is -0.102. The summed E-state index contributed by atoms with van der Waals surface area (Å²) in [6.07, 6.45) is 1.27. The van der Waals surface area contributed by atoms with E-state index in [0.717, 1.165) is 6.54 Å². The van der Waals surface area contributed by atoms with Gasteiger partial charge in [-0.1, -0.05) is 13.2 Å². The van der Waals surface area contributed by atoms with E-state index < -0.39 is 5.91 Å². The summed E-state index contributed by atoms with van der Waals surface area (Å²) in [5.41, 5.74) is 5.09. The third-order valence-electron chi connectivity index (χ3n) is 1.46. The van der Waals surface area contributed by atoms with E-state index in [0.29, 0.717) is 12.1 Å². The third kappa shape index (κ3) is 14.9. The van der Waals surface area contributed by atoms with Gasteiger partial charge in [-0.2, -0.15) is 0 Å². The monoisotopic (exact) mass is 227 g/mol. The minimum atomic E-state index is -0.435. The van der Waals surface area contributed by atoms with Crippen molar-refractivity contribution in [3.05, 3.63) is 24.8 Å². The second-order valence-corrected chi connectivity index (χ2v) is 3.44. The largest absolute Gasteiger partial charge is 0.366 e. The van der Waals surface area contributed by atoms with Crippen LogP contribution >= 0.6 is 0 Å². The molecule has 0 bridgehead atoms. The molecule has 0 atom stereocenters.